The van der Waals surface area contributed by atoms with E-state index in [2.05, 4.69) is 15.9 Å². The van der Waals surface area contributed by atoms with E-state index in [1.54, 1.807) is 0 Å². The molecule has 1 saturated heterocycles. The number of methoxy groups -OCH3 is 1. The fraction of sp³-hybridized carbons (Fsp3) is 0.588. The highest BCUT2D eigenvalue weighted by molar-refractivity contribution is 6.30. The quantitative estimate of drug-likeness (QED) is 0.851. The van der Waals surface area contributed by atoms with Gasteiger partial charge in [0, 0.05) is 42.9 Å². The molecule has 2 aliphatic rings. The summed E-state index contributed by atoms with van der Waals surface area (Å²) in [4.78, 5) is 16.3. The van der Waals surface area contributed by atoms with Gasteiger partial charge in [-0.15, -0.1) is 0 Å². The fourth-order valence-corrected chi connectivity index (χ4v) is 3.91. The Morgan fingerprint density at radius 3 is 2.65 bits per heavy atom. The number of esters is 1. The highest BCUT2D eigenvalue weighted by Gasteiger charge is 2.41. The fourth-order valence-electron chi connectivity index (χ4n) is 3.73. The van der Waals surface area contributed by atoms with E-state index < -0.39 is 6.10 Å². The van der Waals surface area contributed by atoms with Crippen molar-refractivity contribution in [1.29, 1.82) is 0 Å². The van der Waals surface area contributed by atoms with Crippen molar-refractivity contribution in [3.8, 4) is 0 Å². The molecule has 1 heterocycles. The van der Waals surface area contributed by atoms with Crippen LogP contribution in [0.15, 0.2) is 24.3 Å². The number of anilines is 1. The molecule has 0 bridgehead atoms. The molecule has 3 rings (SSSR count). The maximum absolute atomic E-state index is 11.7. The average Bonchev–Trinajstić information content (AvgIpc) is 2.96. The summed E-state index contributed by atoms with van der Waals surface area (Å²) in [5.74, 6) is -0.380. The third-order valence-electron chi connectivity index (χ3n) is 4.99. The van der Waals surface area contributed by atoms with Crippen LogP contribution in [0.4, 0.5) is 5.69 Å². The van der Waals surface area contributed by atoms with E-state index in [0.29, 0.717) is 12.8 Å². The lowest BCUT2D eigenvalue weighted by molar-refractivity contribution is -0.145. The molecule has 23 heavy (non-hydrogen) atoms. The van der Waals surface area contributed by atoms with E-state index in [4.69, 9.17) is 16.3 Å². The van der Waals surface area contributed by atoms with Crippen LogP contribution >= 0.6 is 11.6 Å². The molecule has 0 amide bonds. The van der Waals surface area contributed by atoms with Crippen molar-refractivity contribution in [2.75, 3.05) is 38.2 Å². The van der Waals surface area contributed by atoms with Gasteiger partial charge in [0.2, 0.25) is 0 Å². The minimum Gasteiger partial charge on any atom is -0.469 e. The number of aliphatic hydroxyl groups excluding tert-OH is 1. The Balaban J connectivity index is 1.58. The van der Waals surface area contributed by atoms with Gasteiger partial charge >= 0.3 is 5.97 Å². The summed E-state index contributed by atoms with van der Waals surface area (Å²) in [6.07, 6.45) is 0.744. The Morgan fingerprint density at radius 2 is 2.00 bits per heavy atom. The summed E-state index contributed by atoms with van der Waals surface area (Å²) in [6.45, 7) is 3.54. The zero-order valence-corrected chi connectivity index (χ0v) is 14.1. The zero-order chi connectivity index (χ0) is 16.4. The molecule has 1 aromatic rings. The van der Waals surface area contributed by atoms with Gasteiger partial charge in [0.05, 0.1) is 19.1 Å². The molecule has 0 spiro atoms. The second kappa shape index (κ2) is 7.07. The van der Waals surface area contributed by atoms with Crippen LogP contribution in [0.1, 0.15) is 12.8 Å². The van der Waals surface area contributed by atoms with Crippen LogP contribution in [-0.4, -0.2) is 61.4 Å². The van der Waals surface area contributed by atoms with Gasteiger partial charge in [-0.1, -0.05) is 17.7 Å². The smallest absolute Gasteiger partial charge is 0.308 e. The summed E-state index contributed by atoms with van der Waals surface area (Å²) in [7, 11) is 1.41. The first-order valence-corrected chi connectivity index (χ1v) is 8.46. The first-order valence-electron chi connectivity index (χ1n) is 8.09. The van der Waals surface area contributed by atoms with Crippen LogP contribution in [0.5, 0.6) is 0 Å². The van der Waals surface area contributed by atoms with Crippen molar-refractivity contribution in [1.82, 2.24) is 4.90 Å². The second-order valence-corrected chi connectivity index (χ2v) is 6.77. The van der Waals surface area contributed by atoms with E-state index in [1.165, 1.54) is 7.11 Å². The summed E-state index contributed by atoms with van der Waals surface area (Å²) >= 11 is 6.06. The van der Waals surface area contributed by atoms with Gasteiger partial charge in [-0.25, -0.2) is 0 Å². The Bertz CT molecular complexity index is 561. The van der Waals surface area contributed by atoms with Gasteiger partial charge in [0.25, 0.3) is 0 Å². The molecular formula is C17H23ClN2O3. The minimum atomic E-state index is -0.447. The summed E-state index contributed by atoms with van der Waals surface area (Å²) in [5, 5.41) is 11.0. The number of carbonyl (C=O) groups is 1. The molecule has 6 heteroatoms. The van der Waals surface area contributed by atoms with Crippen molar-refractivity contribution in [2.45, 2.75) is 25.0 Å². The number of ether oxygens (including phenoxy) is 1. The molecule has 1 aliphatic heterocycles. The lowest BCUT2D eigenvalue weighted by Crippen LogP contribution is -2.52. The SMILES string of the molecule is COC(=O)[C@@H]1C[C@H](O)[C@@H](N2CCN(c3cccc(Cl)c3)CC2)C1. The van der Waals surface area contributed by atoms with E-state index in [-0.39, 0.29) is 17.9 Å². The van der Waals surface area contributed by atoms with Crippen LogP contribution < -0.4 is 4.90 Å². The van der Waals surface area contributed by atoms with Crippen LogP contribution in [0, 0.1) is 5.92 Å². The Kier molecular flexibility index (Phi) is 5.09. The number of piperazine rings is 1. The summed E-state index contributed by atoms with van der Waals surface area (Å²) in [6, 6.07) is 7.95. The molecule has 1 saturated carbocycles. The molecule has 1 aromatic carbocycles. The van der Waals surface area contributed by atoms with Gasteiger partial charge in [-0.05, 0) is 31.0 Å². The van der Waals surface area contributed by atoms with Crippen molar-refractivity contribution in [2.24, 2.45) is 5.92 Å². The standard InChI is InChI=1S/C17H23ClN2O3/c1-23-17(22)12-9-15(16(21)10-12)20-7-5-19(6-8-20)14-4-2-3-13(18)11-14/h2-4,11-12,15-16,21H,5-10H2,1H3/t12-,15-,16-/m0/s1. The molecule has 3 atom stereocenters. The van der Waals surface area contributed by atoms with Crippen molar-refractivity contribution in [3.63, 3.8) is 0 Å². The number of carbonyl (C=O) groups excluding carboxylic acids is 1. The number of aliphatic hydroxyl groups is 1. The molecule has 0 radical (unpaired) electrons. The second-order valence-electron chi connectivity index (χ2n) is 6.33. The third-order valence-corrected chi connectivity index (χ3v) is 5.22. The number of halogens is 1. The Morgan fingerprint density at radius 1 is 1.26 bits per heavy atom. The molecule has 5 nitrogen and oxygen atoms in total. The van der Waals surface area contributed by atoms with Gasteiger partial charge < -0.3 is 14.7 Å². The molecule has 1 aliphatic carbocycles. The molecule has 0 aromatic heterocycles. The Labute approximate surface area is 141 Å². The normalized spacial score (nSPS) is 28.8. The van der Waals surface area contributed by atoms with Crippen LogP contribution in [-0.2, 0) is 9.53 Å². The largest absolute Gasteiger partial charge is 0.469 e. The van der Waals surface area contributed by atoms with E-state index >= 15 is 0 Å². The number of benzene rings is 1. The van der Waals surface area contributed by atoms with Gasteiger partial charge in [-0.3, -0.25) is 9.69 Å². The molecule has 2 fully saturated rings. The minimum absolute atomic E-state index is 0.0561. The first kappa shape index (κ1) is 16.6. The highest BCUT2D eigenvalue weighted by Crippen LogP contribution is 2.32. The average molecular weight is 339 g/mol. The third kappa shape index (κ3) is 3.62. The van der Waals surface area contributed by atoms with Crippen molar-refractivity contribution >= 4 is 23.3 Å². The predicted molar refractivity (Wildman–Crippen MR) is 89.8 cm³/mol. The molecule has 126 valence electrons. The van der Waals surface area contributed by atoms with Crippen molar-refractivity contribution in [3.05, 3.63) is 29.3 Å². The number of hydrogen-bond acceptors (Lipinski definition) is 5. The zero-order valence-electron chi connectivity index (χ0n) is 13.3. The van der Waals surface area contributed by atoms with Crippen LogP contribution in [0.25, 0.3) is 0 Å². The first-order chi connectivity index (χ1) is 11.1. The number of rotatable bonds is 3. The Hall–Kier alpha value is -1.30. The van der Waals surface area contributed by atoms with E-state index in [1.807, 2.05) is 18.2 Å². The predicted octanol–water partition coefficient (Wildman–Crippen LogP) is 1.77. The van der Waals surface area contributed by atoms with Gasteiger partial charge in [0.15, 0.2) is 0 Å². The van der Waals surface area contributed by atoms with Crippen LogP contribution in [0.3, 0.4) is 0 Å². The number of nitrogens with zero attached hydrogens (tertiary/aromatic N) is 2. The van der Waals surface area contributed by atoms with E-state index in [0.717, 1.165) is 36.9 Å². The molecular weight excluding hydrogens is 316 g/mol. The summed E-state index contributed by atoms with van der Waals surface area (Å²) < 4.78 is 4.81. The van der Waals surface area contributed by atoms with Gasteiger partial charge in [-0.2, -0.15) is 0 Å². The van der Waals surface area contributed by atoms with Gasteiger partial charge in [0.1, 0.15) is 0 Å². The lowest BCUT2D eigenvalue weighted by Gasteiger charge is -2.40. The van der Waals surface area contributed by atoms with Crippen molar-refractivity contribution < 1.29 is 14.6 Å². The molecule has 1 N–H and O–H groups in total. The monoisotopic (exact) mass is 338 g/mol. The maximum Gasteiger partial charge on any atom is 0.308 e. The van der Waals surface area contributed by atoms with E-state index in [9.17, 15) is 9.90 Å². The summed E-state index contributed by atoms with van der Waals surface area (Å²) in [5.41, 5.74) is 1.14. The molecule has 0 unspecified atom stereocenters. The van der Waals surface area contributed by atoms with Crippen LogP contribution in [0.2, 0.25) is 5.02 Å². The topological polar surface area (TPSA) is 53.0 Å². The number of hydrogen-bond donors (Lipinski definition) is 1. The maximum atomic E-state index is 11.7. The highest BCUT2D eigenvalue weighted by atomic mass is 35.5. The lowest BCUT2D eigenvalue weighted by atomic mass is 10.1.